The molecule has 5 N–H and O–H groups in total. The van der Waals surface area contributed by atoms with Crippen LogP contribution in [0.4, 0.5) is 5.69 Å². The average Bonchev–Trinajstić information content (AvgIpc) is 2.85. The molecule has 35 heavy (non-hydrogen) atoms. The molecular formula is C28H31N3O4. The van der Waals surface area contributed by atoms with Crippen LogP contribution < -0.4 is 16.4 Å². The maximum atomic E-state index is 12.2. The van der Waals surface area contributed by atoms with Crippen molar-refractivity contribution in [1.29, 1.82) is 0 Å². The molecule has 0 fully saturated rings. The van der Waals surface area contributed by atoms with Crippen molar-refractivity contribution in [3.8, 4) is 23.7 Å². The third kappa shape index (κ3) is 9.85. The van der Waals surface area contributed by atoms with Crippen molar-refractivity contribution in [2.75, 3.05) is 18.5 Å². The predicted octanol–water partition coefficient (Wildman–Crippen LogP) is 2.47. The first kappa shape index (κ1) is 27.3. The first-order valence-electron chi connectivity index (χ1n) is 11.5. The Morgan fingerprint density at radius 1 is 0.943 bits per heavy atom. The summed E-state index contributed by atoms with van der Waals surface area (Å²) in [7, 11) is 0. The Kier molecular flexibility index (Phi) is 11.2. The fraction of sp³-hybridized carbons (Fsp3) is 0.321. The number of anilines is 1. The minimum Gasteiger partial charge on any atom is -0.388 e. The second-order valence-corrected chi connectivity index (χ2v) is 8.38. The Morgan fingerprint density at radius 2 is 1.51 bits per heavy atom. The number of aliphatic hydroxyl groups is 1. The number of nitrogens with two attached hydrogens (primary N) is 1. The number of nitrogens with one attached hydrogen (secondary N) is 2. The number of hydrogen-bond acceptors (Lipinski definition) is 5. The summed E-state index contributed by atoms with van der Waals surface area (Å²) in [5.74, 6) is 11.0. The number of rotatable bonds is 10. The van der Waals surface area contributed by atoms with Gasteiger partial charge in [-0.25, -0.2) is 0 Å². The van der Waals surface area contributed by atoms with Gasteiger partial charge in [-0.15, -0.1) is 0 Å². The van der Waals surface area contributed by atoms with Crippen LogP contribution in [-0.4, -0.2) is 41.9 Å². The number of carbonyl (C=O) groups is 3. The molecule has 0 aromatic heterocycles. The van der Waals surface area contributed by atoms with Gasteiger partial charge < -0.3 is 21.5 Å². The number of hydrogen-bond donors (Lipinski definition) is 4. The number of benzene rings is 2. The first-order valence-corrected chi connectivity index (χ1v) is 11.5. The van der Waals surface area contributed by atoms with Crippen molar-refractivity contribution in [1.82, 2.24) is 5.32 Å². The molecule has 0 unspecified atom stereocenters. The van der Waals surface area contributed by atoms with E-state index in [0.29, 0.717) is 23.5 Å². The summed E-state index contributed by atoms with van der Waals surface area (Å²) in [6, 6.07) is 12.8. The fourth-order valence-corrected chi connectivity index (χ4v) is 3.07. The van der Waals surface area contributed by atoms with Gasteiger partial charge in [-0.2, -0.15) is 0 Å². The van der Waals surface area contributed by atoms with E-state index >= 15 is 0 Å². The van der Waals surface area contributed by atoms with E-state index in [2.05, 4.69) is 48.2 Å². The van der Waals surface area contributed by atoms with Gasteiger partial charge in [-0.1, -0.05) is 32.1 Å². The molecule has 0 aliphatic rings. The molecule has 0 saturated heterocycles. The van der Waals surface area contributed by atoms with Crippen LogP contribution in [0, 0.1) is 29.6 Å². The number of carbonyl (C=O) groups excluding carboxylic acids is 3. The molecule has 0 heterocycles. The maximum absolute atomic E-state index is 12.2. The summed E-state index contributed by atoms with van der Waals surface area (Å²) in [6.45, 7) is 3.51. The van der Waals surface area contributed by atoms with E-state index in [0.717, 1.165) is 24.1 Å². The lowest BCUT2D eigenvalue weighted by Crippen LogP contribution is -2.46. The Labute approximate surface area is 206 Å². The summed E-state index contributed by atoms with van der Waals surface area (Å²) < 4.78 is 0. The van der Waals surface area contributed by atoms with Gasteiger partial charge in [0, 0.05) is 35.3 Å². The second-order valence-electron chi connectivity index (χ2n) is 8.38. The van der Waals surface area contributed by atoms with Crippen molar-refractivity contribution >= 4 is 23.3 Å². The highest BCUT2D eigenvalue weighted by Crippen LogP contribution is 2.11. The van der Waals surface area contributed by atoms with Crippen molar-refractivity contribution in [3.05, 3.63) is 65.2 Å². The number of ketones is 1. The molecule has 2 amide bonds. The molecule has 182 valence electrons. The molecule has 7 nitrogen and oxygen atoms in total. The minimum atomic E-state index is -0.928. The quantitative estimate of drug-likeness (QED) is 0.395. The molecule has 1 atom stereocenters. The van der Waals surface area contributed by atoms with Crippen LogP contribution in [0.5, 0.6) is 0 Å². The SMILES string of the molecule is CC(C)CCCC(=O)Nc1ccc(C#CC#Cc2ccc(C(=O)N[C@@H](CN)C(=O)CO)cc2)cc1. The van der Waals surface area contributed by atoms with Gasteiger partial charge in [0.1, 0.15) is 12.6 Å². The lowest BCUT2D eigenvalue weighted by Gasteiger charge is -2.14. The van der Waals surface area contributed by atoms with Gasteiger partial charge in [-0.3, -0.25) is 14.4 Å². The zero-order chi connectivity index (χ0) is 25.6. The molecule has 0 aliphatic heterocycles. The Morgan fingerprint density at radius 3 is 2.03 bits per heavy atom. The fourth-order valence-electron chi connectivity index (χ4n) is 3.07. The number of amides is 2. The van der Waals surface area contributed by atoms with E-state index in [4.69, 9.17) is 10.8 Å². The van der Waals surface area contributed by atoms with Crippen molar-refractivity contribution < 1.29 is 19.5 Å². The van der Waals surface area contributed by atoms with Gasteiger partial charge in [0.2, 0.25) is 5.91 Å². The third-order valence-corrected chi connectivity index (χ3v) is 5.06. The van der Waals surface area contributed by atoms with Gasteiger partial charge in [0.15, 0.2) is 5.78 Å². The highest BCUT2D eigenvalue weighted by atomic mass is 16.3. The largest absolute Gasteiger partial charge is 0.388 e. The second kappa shape index (κ2) is 14.4. The zero-order valence-electron chi connectivity index (χ0n) is 20.1. The molecule has 0 bridgehead atoms. The van der Waals surface area contributed by atoms with E-state index in [1.165, 1.54) is 0 Å². The standard InChI is InChI=1S/C28H31N3O4/c1-20(2)6-5-9-27(34)30-24-16-12-22(13-17-24)8-4-3-7-21-10-14-23(15-11-21)28(35)31-25(18-29)26(33)19-32/h10-17,20,25,32H,5-6,9,18-19,29H2,1-2H3,(H,30,34)(H,31,35)/t25-/m0/s1. The Hall–Kier alpha value is -3.91. The topological polar surface area (TPSA) is 122 Å². The average molecular weight is 474 g/mol. The van der Waals surface area contributed by atoms with E-state index in [9.17, 15) is 14.4 Å². The first-order chi connectivity index (χ1) is 16.8. The molecule has 2 aromatic rings. The normalized spacial score (nSPS) is 10.9. The van der Waals surface area contributed by atoms with E-state index in [1.54, 1.807) is 24.3 Å². The Balaban J connectivity index is 1.89. The molecule has 0 radical (unpaired) electrons. The lowest BCUT2D eigenvalue weighted by molar-refractivity contribution is -0.123. The number of Topliss-reactive ketones (excluding diaryl/α,β-unsaturated/α-hetero) is 1. The van der Waals surface area contributed by atoms with Crippen molar-refractivity contribution in [2.45, 2.75) is 39.2 Å². The molecule has 7 heteroatoms. The number of aliphatic hydroxyl groups excluding tert-OH is 1. The summed E-state index contributed by atoms with van der Waals surface area (Å²) in [4.78, 5) is 35.7. The maximum Gasteiger partial charge on any atom is 0.251 e. The van der Waals surface area contributed by atoms with Crippen molar-refractivity contribution in [3.63, 3.8) is 0 Å². The highest BCUT2D eigenvalue weighted by Gasteiger charge is 2.18. The van der Waals surface area contributed by atoms with E-state index in [-0.39, 0.29) is 12.5 Å². The van der Waals surface area contributed by atoms with Gasteiger partial charge in [0.05, 0.1) is 0 Å². The summed E-state index contributed by atoms with van der Waals surface area (Å²) in [6.07, 6.45) is 2.42. The lowest BCUT2D eigenvalue weighted by atomic mass is 10.1. The monoisotopic (exact) mass is 473 g/mol. The van der Waals surface area contributed by atoms with Crippen LogP contribution in [-0.2, 0) is 9.59 Å². The summed E-state index contributed by atoms with van der Waals surface area (Å²) in [5.41, 5.74) is 7.99. The van der Waals surface area contributed by atoms with Crippen LogP contribution in [0.25, 0.3) is 0 Å². The third-order valence-electron chi connectivity index (χ3n) is 5.06. The van der Waals surface area contributed by atoms with Crippen LogP contribution in [0.3, 0.4) is 0 Å². The Bertz CT molecular complexity index is 1130. The zero-order valence-corrected chi connectivity index (χ0v) is 20.1. The van der Waals surface area contributed by atoms with Crippen LogP contribution in [0.2, 0.25) is 0 Å². The summed E-state index contributed by atoms with van der Waals surface area (Å²) >= 11 is 0. The molecular weight excluding hydrogens is 442 g/mol. The predicted molar refractivity (Wildman–Crippen MR) is 136 cm³/mol. The molecule has 0 saturated carbocycles. The smallest absolute Gasteiger partial charge is 0.251 e. The molecule has 2 rings (SSSR count). The van der Waals surface area contributed by atoms with Crippen molar-refractivity contribution in [2.24, 2.45) is 11.7 Å². The van der Waals surface area contributed by atoms with Gasteiger partial charge in [-0.05, 0) is 72.7 Å². The van der Waals surface area contributed by atoms with Gasteiger partial charge >= 0.3 is 0 Å². The molecule has 0 aliphatic carbocycles. The van der Waals surface area contributed by atoms with Crippen LogP contribution in [0.1, 0.15) is 54.6 Å². The van der Waals surface area contributed by atoms with Gasteiger partial charge in [0.25, 0.3) is 5.91 Å². The summed E-state index contributed by atoms with van der Waals surface area (Å²) in [5, 5.41) is 14.3. The minimum absolute atomic E-state index is 0.0108. The highest BCUT2D eigenvalue weighted by molar-refractivity contribution is 5.98. The van der Waals surface area contributed by atoms with E-state index in [1.807, 2.05) is 24.3 Å². The molecule has 2 aromatic carbocycles. The van der Waals surface area contributed by atoms with E-state index < -0.39 is 24.3 Å². The van der Waals surface area contributed by atoms with Crippen LogP contribution >= 0.6 is 0 Å². The van der Waals surface area contributed by atoms with Crippen LogP contribution in [0.15, 0.2) is 48.5 Å². The molecule has 0 spiro atoms.